The van der Waals surface area contributed by atoms with Gasteiger partial charge in [-0.1, -0.05) is 18.2 Å². The number of benzene rings is 1. The van der Waals surface area contributed by atoms with Crippen LogP contribution >= 0.6 is 11.3 Å². The molecule has 1 unspecified atom stereocenters. The van der Waals surface area contributed by atoms with Gasteiger partial charge in [0.25, 0.3) is 0 Å². The van der Waals surface area contributed by atoms with Crippen molar-refractivity contribution in [1.82, 2.24) is 5.32 Å². The summed E-state index contributed by atoms with van der Waals surface area (Å²) in [5, 5.41) is 7.25. The van der Waals surface area contributed by atoms with Gasteiger partial charge in [-0.2, -0.15) is 0 Å². The first-order valence-electron chi connectivity index (χ1n) is 6.20. The van der Waals surface area contributed by atoms with E-state index in [1.165, 1.54) is 28.5 Å². The molecule has 1 aliphatic rings. The molecule has 1 fully saturated rings. The van der Waals surface area contributed by atoms with Crippen LogP contribution in [0.25, 0.3) is 10.1 Å². The zero-order chi connectivity index (χ0) is 11.5. The Morgan fingerprint density at radius 1 is 1.35 bits per heavy atom. The Hall–Kier alpha value is -0.900. The lowest BCUT2D eigenvalue weighted by atomic mass is 10.1. The van der Waals surface area contributed by atoms with Crippen molar-refractivity contribution in [3.8, 4) is 0 Å². The molecule has 3 rings (SSSR count). The van der Waals surface area contributed by atoms with Crippen LogP contribution in [-0.2, 0) is 11.3 Å². The lowest BCUT2D eigenvalue weighted by molar-refractivity contribution is 0.0700. The Bertz CT molecular complexity index is 488. The van der Waals surface area contributed by atoms with Crippen molar-refractivity contribution in [2.24, 2.45) is 0 Å². The largest absolute Gasteiger partial charge is 0.380 e. The number of hydrogen-bond donors (Lipinski definition) is 1. The molecule has 1 saturated heterocycles. The summed E-state index contributed by atoms with van der Waals surface area (Å²) in [7, 11) is 0. The van der Waals surface area contributed by atoms with Crippen LogP contribution in [0.15, 0.2) is 29.6 Å². The Morgan fingerprint density at radius 2 is 2.29 bits per heavy atom. The molecule has 0 spiro atoms. The Labute approximate surface area is 106 Å². The highest BCUT2D eigenvalue weighted by Gasteiger charge is 2.13. The van der Waals surface area contributed by atoms with E-state index in [0.717, 1.165) is 19.8 Å². The second kappa shape index (κ2) is 5.17. The average Bonchev–Trinajstić information content (AvgIpc) is 2.81. The van der Waals surface area contributed by atoms with Crippen LogP contribution < -0.4 is 5.32 Å². The first-order chi connectivity index (χ1) is 8.43. The van der Waals surface area contributed by atoms with E-state index in [2.05, 4.69) is 35.0 Å². The monoisotopic (exact) mass is 247 g/mol. The van der Waals surface area contributed by atoms with Gasteiger partial charge in [-0.15, -0.1) is 11.3 Å². The van der Waals surface area contributed by atoms with E-state index in [1.54, 1.807) is 0 Å². The van der Waals surface area contributed by atoms with E-state index in [1.807, 2.05) is 11.3 Å². The minimum Gasteiger partial charge on any atom is -0.380 e. The number of fused-ring (bicyclic) bond motifs is 1. The lowest BCUT2D eigenvalue weighted by Gasteiger charge is -2.23. The molecule has 3 heteroatoms. The van der Waals surface area contributed by atoms with Gasteiger partial charge < -0.3 is 10.1 Å². The fraction of sp³-hybridized carbons (Fsp3) is 0.429. The molecule has 0 saturated carbocycles. The molecule has 2 aromatic rings. The first-order valence-corrected chi connectivity index (χ1v) is 7.08. The maximum atomic E-state index is 5.48. The van der Waals surface area contributed by atoms with Gasteiger partial charge in [-0.25, -0.2) is 0 Å². The third-order valence-corrected chi connectivity index (χ3v) is 4.31. The zero-order valence-corrected chi connectivity index (χ0v) is 10.6. The molecule has 90 valence electrons. The zero-order valence-electron chi connectivity index (χ0n) is 9.82. The summed E-state index contributed by atoms with van der Waals surface area (Å²) in [4.78, 5) is 0. The smallest absolute Gasteiger partial charge is 0.0619 e. The summed E-state index contributed by atoms with van der Waals surface area (Å²) in [6.07, 6.45) is 2.42. The van der Waals surface area contributed by atoms with E-state index in [0.29, 0.717) is 6.04 Å². The third-order valence-electron chi connectivity index (χ3n) is 3.30. The molecule has 1 aliphatic heterocycles. The highest BCUT2D eigenvalue weighted by atomic mass is 32.1. The van der Waals surface area contributed by atoms with Crippen molar-refractivity contribution < 1.29 is 4.74 Å². The second-order valence-electron chi connectivity index (χ2n) is 4.55. The SMILES string of the molecule is c1ccc2c(CNC3CCCOC3)csc2c1. The molecule has 1 atom stereocenters. The van der Waals surface area contributed by atoms with Crippen LogP contribution in [0.1, 0.15) is 18.4 Å². The number of rotatable bonds is 3. The van der Waals surface area contributed by atoms with Crippen molar-refractivity contribution in [1.29, 1.82) is 0 Å². The lowest BCUT2D eigenvalue weighted by Crippen LogP contribution is -2.36. The second-order valence-corrected chi connectivity index (χ2v) is 5.46. The summed E-state index contributed by atoms with van der Waals surface area (Å²) in [5.41, 5.74) is 1.41. The van der Waals surface area contributed by atoms with E-state index >= 15 is 0 Å². The van der Waals surface area contributed by atoms with Crippen LogP contribution in [0.3, 0.4) is 0 Å². The summed E-state index contributed by atoms with van der Waals surface area (Å²) >= 11 is 1.83. The van der Waals surface area contributed by atoms with Crippen LogP contribution in [0.4, 0.5) is 0 Å². The number of nitrogens with one attached hydrogen (secondary N) is 1. The minimum absolute atomic E-state index is 0.530. The molecule has 1 N–H and O–H groups in total. The molecule has 2 heterocycles. The molecule has 2 nitrogen and oxygen atoms in total. The van der Waals surface area contributed by atoms with Gasteiger partial charge in [0.05, 0.1) is 6.61 Å². The normalized spacial score (nSPS) is 20.8. The fourth-order valence-electron chi connectivity index (χ4n) is 2.33. The molecule has 0 aliphatic carbocycles. The van der Waals surface area contributed by atoms with Gasteiger partial charge in [0.1, 0.15) is 0 Å². The highest BCUT2D eigenvalue weighted by Crippen LogP contribution is 2.25. The molecular weight excluding hydrogens is 230 g/mol. The molecule has 0 radical (unpaired) electrons. The Kier molecular flexibility index (Phi) is 3.41. The molecule has 1 aromatic carbocycles. The Balaban J connectivity index is 1.68. The number of hydrogen-bond acceptors (Lipinski definition) is 3. The quantitative estimate of drug-likeness (QED) is 0.899. The topological polar surface area (TPSA) is 21.3 Å². The van der Waals surface area contributed by atoms with Gasteiger partial charge in [0, 0.05) is 23.9 Å². The molecular formula is C14H17NOS. The van der Waals surface area contributed by atoms with Gasteiger partial charge >= 0.3 is 0 Å². The van der Waals surface area contributed by atoms with Crippen LogP contribution in [-0.4, -0.2) is 19.3 Å². The molecule has 1 aromatic heterocycles. The highest BCUT2D eigenvalue weighted by molar-refractivity contribution is 7.17. The van der Waals surface area contributed by atoms with Crippen LogP contribution in [0, 0.1) is 0 Å². The number of thiophene rings is 1. The van der Waals surface area contributed by atoms with Crippen molar-refractivity contribution in [2.75, 3.05) is 13.2 Å². The summed E-state index contributed by atoms with van der Waals surface area (Å²) < 4.78 is 6.86. The van der Waals surface area contributed by atoms with Crippen molar-refractivity contribution in [3.63, 3.8) is 0 Å². The summed E-state index contributed by atoms with van der Waals surface area (Å²) in [6.45, 7) is 2.75. The summed E-state index contributed by atoms with van der Waals surface area (Å²) in [5.74, 6) is 0. The third kappa shape index (κ3) is 2.51. The van der Waals surface area contributed by atoms with E-state index in [-0.39, 0.29) is 0 Å². The predicted molar refractivity (Wildman–Crippen MR) is 72.5 cm³/mol. The minimum atomic E-state index is 0.530. The van der Waals surface area contributed by atoms with Crippen molar-refractivity contribution in [3.05, 3.63) is 35.2 Å². The van der Waals surface area contributed by atoms with Gasteiger partial charge in [0.15, 0.2) is 0 Å². The van der Waals surface area contributed by atoms with E-state index < -0.39 is 0 Å². The van der Waals surface area contributed by atoms with Gasteiger partial charge in [0.2, 0.25) is 0 Å². The van der Waals surface area contributed by atoms with Crippen molar-refractivity contribution >= 4 is 21.4 Å². The fourth-order valence-corrected chi connectivity index (χ4v) is 3.29. The standard InChI is InChI=1S/C14H17NOS/c1-2-6-14-13(5-1)11(10-17-14)8-15-12-4-3-7-16-9-12/h1-2,5-6,10,12,15H,3-4,7-9H2. The first kappa shape index (κ1) is 11.2. The Morgan fingerprint density at radius 3 is 3.18 bits per heavy atom. The predicted octanol–water partition coefficient (Wildman–Crippen LogP) is 3.17. The maximum Gasteiger partial charge on any atom is 0.0619 e. The summed E-state index contributed by atoms with van der Waals surface area (Å²) in [6, 6.07) is 9.14. The average molecular weight is 247 g/mol. The number of ether oxygens (including phenoxy) is 1. The molecule has 17 heavy (non-hydrogen) atoms. The van der Waals surface area contributed by atoms with Crippen molar-refractivity contribution in [2.45, 2.75) is 25.4 Å². The van der Waals surface area contributed by atoms with Gasteiger partial charge in [-0.05, 0) is 35.2 Å². The van der Waals surface area contributed by atoms with Gasteiger partial charge in [-0.3, -0.25) is 0 Å². The van der Waals surface area contributed by atoms with E-state index in [9.17, 15) is 0 Å². The van der Waals surface area contributed by atoms with Crippen LogP contribution in [0.2, 0.25) is 0 Å². The maximum absolute atomic E-state index is 5.48. The molecule has 0 bridgehead atoms. The molecule has 0 amide bonds. The van der Waals surface area contributed by atoms with E-state index in [4.69, 9.17) is 4.74 Å². The van der Waals surface area contributed by atoms with Crippen LogP contribution in [0.5, 0.6) is 0 Å².